The van der Waals surface area contributed by atoms with E-state index in [9.17, 15) is 13.2 Å². The van der Waals surface area contributed by atoms with Crippen molar-refractivity contribution in [1.82, 2.24) is 34.9 Å². The molecule has 2 saturated heterocycles. The van der Waals surface area contributed by atoms with Crippen molar-refractivity contribution in [1.29, 1.82) is 0 Å². The van der Waals surface area contributed by atoms with E-state index in [-0.39, 0.29) is 17.6 Å². The molecule has 1 aromatic heterocycles. The molecule has 4 aromatic rings. The molecule has 2 aliphatic heterocycles. The summed E-state index contributed by atoms with van der Waals surface area (Å²) in [7, 11) is 5.87. The van der Waals surface area contributed by atoms with Crippen LogP contribution in [0, 0.1) is 0 Å². The van der Waals surface area contributed by atoms with Gasteiger partial charge in [0, 0.05) is 55.8 Å². The third-order valence-electron chi connectivity index (χ3n) is 8.83. The summed E-state index contributed by atoms with van der Waals surface area (Å²) in [6.45, 7) is 3.15. The van der Waals surface area contributed by atoms with Crippen LogP contribution in [0.4, 0.5) is 13.2 Å². The SMILES string of the molecule is COc1ccc(-n2nnnc2C(F)(F)F)cc1CN1C[C@@H]2C[C@H](N(C)C)CN2[C@H](C(c2ccccc2)c2ccccc2)C1. The zero-order chi connectivity index (χ0) is 30.1. The summed E-state index contributed by atoms with van der Waals surface area (Å²) in [5.41, 5.74) is 3.56. The number of likely N-dealkylation sites (N-methyl/N-ethyl adjacent to an activating group) is 1. The molecule has 3 heterocycles. The van der Waals surface area contributed by atoms with Gasteiger partial charge in [-0.1, -0.05) is 60.7 Å². The van der Waals surface area contributed by atoms with Crippen LogP contribution < -0.4 is 4.74 Å². The zero-order valence-electron chi connectivity index (χ0n) is 24.5. The molecule has 3 aromatic carbocycles. The minimum atomic E-state index is -4.68. The van der Waals surface area contributed by atoms with E-state index in [1.807, 2.05) is 12.1 Å². The van der Waals surface area contributed by atoms with Gasteiger partial charge in [0.05, 0.1) is 12.8 Å². The Morgan fingerprint density at radius 3 is 2.21 bits per heavy atom. The molecule has 0 bridgehead atoms. The van der Waals surface area contributed by atoms with Gasteiger partial charge in [-0.15, -0.1) is 5.10 Å². The molecule has 6 rings (SSSR count). The van der Waals surface area contributed by atoms with Crippen LogP contribution in [-0.4, -0.2) is 93.9 Å². The fraction of sp³-hybridized carbons (Fsp3) is 0.406. The highest BCUT2D eigenvalue weighted by atomic mass is 19.4. The van der Waals surface area contributed by atoms with Crippen LogP contribution in [0.1, 0.15) is 34.9 Å². The van der Waals surface area contributed by atoms with Gasteiger partial charge in [-0.2, -0.15) is 17.9 Å². The van der Waals surface area contributed by atoms with Gasteiger partial charge in [0.25, 0.3) is 5.82 Å². The van der Waals surface area contributed by atoms with E-state index < -0.39 is 12.0 Å². The minimum Gasteiger partial charge on any atom is -0.496 e. The maximum atomic E-state index is 13.6. The third kappa shape index (κ3) is 6.02. The second kappa shape index (κ2) is 12.1. The Balaban J connectivity index is 1.36. The molecule has 11 heteroatoms. The molecule has 0 spiro atoms. The van der Waals surface area contributed by atoms with Crippen molar-refractivity contribution in [3.8, 4) is 11.4 Å². The quantitative estimate of drug-likeness (QED) is 0.294. The molecule has 0 saturated carbocycles. The van der Waals surface area contributed by atoms with Crippen molar-refractivity contribution in [3.05, 3.63) is 101 Å². The molecular weight excluding hydrogens is 555 g/mol. The van der Waals surface area contributed by atoms with Crippen molar-refractivity contribution in [2.45, 2.75) is 43.2 Å². The number of nitrogens with zero attached hydrogens (tertiary/aromatic N) is 7. The number of aromatic nitrogens is 4. The molecule has 0 aliphatic carbocycles. The highest BCUT2D eigenvalue weighted by molar-refractivity contribution is 5.44. The number of tetrazole rings is 1. The topological polar surface area (TPSA) is 62.6 Å². The average Bonchev–Trinajstić information content (AvgIpc) is 3.67. The summed E-state index contributed by atoms with van der Waals surface area (Å²) >= 11 is 0. The van der Waals surface area contributed by atoms with Crippen LogP contribution in [-0.2, 0) is 12.7 Å². The highest BCUT2D eigenvalue weighted by Crippen LogP contribution is 2.39. The van der Waals surface area contributed by atoms with Crippen LogP contribution in [0.15, 0.2) is 78.9 Å². The average molecular weight is 592 g/mol. The highest BCUT2D eigenvalue weighted by Gasteiger charge is 2.45. The lowest BCUT2D eigenvalue weighted by Gasteiger charge is -2.47. The Hall–Kier alpha value is -3.80. The van der Waals surface area contributed by atoms with E-state index in [1.54, 1.807) is 25.3 Å². The summed E-state index contributed by atoms with van der Waals surface area (Å²) in [6, 6.07) is 27.2. The normalized spacial score (nSPS) is 21.4. The Bertz CT molecular complexity index is 1470. The van der Waals surface area contributed by atoms with E-state index in [0.717, 1.165) is 36.3 Å². The summed E-state index contributed by atoms with van der Waals surface area (Å²) in [4.78, 5) is 7.43. The first-order valence-electron chi connectivity index (χ1n) is 14.5. The molecule has 2 aliphatic rings. The molecule has 0 radical (unpaired) electrons. The predicted octanol–water partition coefficient (Wildman–Crippen LogP) is 4.71. The van der Waals surface area contributed by atoms with Crippen molar-refractivity contribution in [2.75, 3.05) is 40.8 Å². The van der Waals surface area contributed by atoms with Gasteiger partial charge >= 0.3 is 6.18 Å². The van der Waals surface area contributed by atoms with Gasteiger partial charge in [-0.3, -0.25) is 9.80 Å². The lowest BCUT2D eigenvalue weighted by Crippen LogP contribution is -2.58. The number of benzene rings is 3. The van der Waals surface area contributed by atoms with Crippen molar-refractivity contribution in [2.24, 2.45) is 0 Å². The molecule has 0 amide bonds. The molecule has 8 nitrogen and oxygen atoms in total. The Labute approximate surface area is 249 Å². The second-order valence-electron chi connectivity index (χ2n) is 11.7. The van der Waals surface area contributed by atoms with E-state index in [0.29, 0.717) is 24.4 Å². The lowest BCUT2D eigenvalue weighted by atomic mass is 9.82. The number of hydrogen-bond donors (Lipinski definition) is 0. The van der Waals surface area contributed by atoms with Gasteiger partial charge in [0.2, 0.25) is 0 Å². The zero-order valence-corrected chi connectivity index (χ0v) is 24.5. The van der Waals surface area contributed by atoms with Crippen molar-refractivity contribution in [3.63, 3.8) is 0 Å². The number of ether oxygens (including phenoxy) is 1. The number of piperazine rings is 1. The predicted molar refractivity (Wildman–Crippen MR) is 157 cm³/mol. The van der Waals surface area contributed by atoms with Crippen LogP contribution in [0.25, 0.3) is 5.69 Å². The number of fused-ring (bicyclic) bond motifs is 1. The van der Waals surface area contributed by atoms with E-state index in [2.05, 4.69) is 92.9 Å². The van der Waals surface area contributed by atoms with Crippen LogP contribution in [0.2, 0.25) is 0 Å². The number of alkyl halides is 3. The fourth-order valence-electron chi connectivity index (χ4n) is 6.80. The van der Waals surface area contributed by atoms with E-state index in [1.165, 1.54) is 11.1 Å². The van der Waals surface area contributed by atoms with Gasteiger partial charge in [0.1, 0.15) is 5.75 Å². The summed E-state index contributed by atoms with van der Waals surface area (Å²) in [6.07, 6.45) is -3.63. The van der Waals surface area contributed by atoms with Crippen LogP contribution in [0.3, 0.4) is 0 Å². The minimum absolute atomic E-state index is 0.150. The van der Waals surface area contributed by atoms with Gasteiger partial charge in [-0.05, 0) is 60.3 Å². The van der Waals surface area contributed by atoms with Gasteiger partial charge < -0.3 is 9.64 Å². The van der Waals surface area contributed by atoms with Crippen molar-refractivity contribution >= 4 is 0 Å². The molecule has 0 unspecified atom stereocenters. The molecule has 3 atom stereocenters. The first kappa shape index (κ1) is 29.3. The van der Waals surface area contributed by atoms with Crippen LogP contribution >= 0.6 is 0 Å². The van der Waals surface area contributed by atoms with Crippen molar-refractivity contribution < 1.29 is 17.9 Å². The lowest BCUT2D eigenvalue weighted by molar-refractivity contribution is -0.146. The summed E-state index contributed by atoms with van der Waals surface area (Å²) < 4.78 is 47.2. The second-order valence-corrected chi connectivity index (χ2v) is 11.7. The molecule has 43 heavy (non-hydrogen) atoms. The first-order valence-corrected chi connectivity index (χ1v) is 14.5. The first-order chi connectivity index (χ1) is 20.7. The number of rotatable bonds is 8. The standard InChI is InChI=1S/C32H36F3N7O/c1-39(2)26-17-27-19-40(18-24-16-25(14-15-29(24)43-3)42-31(32(33,34)35)36-37-38-42)21-28(41(27)20-26)30(22-10-6-4-7-11-22)23-12-8-5-9-13-23/h4-16,26-28,30H,17-21H2,1-3H3/t26-,27-,28-/m0/s1. The molecule has 0 N–H and O–H groups in total. The Morgan fingerprint density at radius 2 is 1.60 bits per heavy atom. The third-order valence-corrected chi connectivity index (χ3v) is 8.83. The van der Waals surface area contributed by atoms with Gasteiger partial charge in [0.15, 0.2) is 0 Å². The van der Waals surface area contributed by atoms with Gasteiger partial charge in [-0.25, -0.2) is 0 Å². The Morgan fingerprint density at radius 1 is 0.930 bits per heavy atom. The summed E-state index contributed by atoms with van der Waals surface area (Å²) in [5.74, 6) is -0.395. The number of methoxy groups -OCH3 is 1. The van der Waals surface area contributed by atoms with E-state index in [4.69, 9.17) is 4.74 Å². The molecular formula is C32H36F3N7O. The fourth-order valence-corrected chi connectivity index (χ4v) is 6.80. The molecule has 226 valence electrons. The number of hydrogen-bond acceptors (Lipinski definition) is 7. The van der Waals surface area contributed by atoms with E-state index >= 15 is 0 Å². The van der Waals surface area contributed by atoms with Crippen LogP contribution in [0.5, 0.6) is 5.75 Å². The maximum absolute atomic E-state index is 13.6. The maximum Gasteiger partial charge on any atom is 0.453 e. The Kier molecular flexibility index (Phi) is 8.21. The molecule has 2 fully saturated rings. The number of halogens is 3. The smallest absolute Gasteiger partial charge is 0.453 e. The monoisotopic (exact) mass is 591 g/mol. The largest absolute Gasteiger partial charge is 0.496 e. The summed E-state index contributed by atoms with van der Waals surface area (Å²) in [5, 5.41) is 10.1.